The van der Waals surface area contributed by atoms with Crippen molar-refractivity contribution in [1.29, 1.82) is 0 Å². The predicted octanol–water partition coefficient (Wildman–Crippen LogP) is 13.5. The lowest BCUT2D eigenvalue weighted by Crippen LogP contribution is -1.94. The van der Waals surface area contributed by atoms with Crippen molar-refractivity contribution in [2.75, 3.05) is 0 Å². The molecule has 0 N–H and O–H groups in total. The van der Waals surface area contributed by atoms with E-state index >= 15 is 0 Å². The SMILES string of the molecule is Cc1cccc(C)c1-c1ccc(-c2c3ccccc3c(-c3cccc(-c4cccc(-c5ccccc5)n4)c3)c3ccccc23)c2ccccc12. The molecule has 0 amide bonds. The van der Waals surface area contributed by atoms with Crippen LogP contribution in [0.5, 0.6) is 0 Å². The van der Waals surface area contributed by atoms with Gasteiger partial charge in [0.2, 0.25) is 0 Å². The molecule has 0 bridgehead atoms. The summed E-state index contributed by atoms with van der Waals surface area (Å²) in [5.41, 5.74) is 14.3. The molecule has 0 atom stereocenters. The largest absolute Gasteiger partial charge is 0.248 e. The third kappa shape index (κ3) is 4.98. The zero-order valence-corrected chi connectivity index (χ0v) is 28.2. The Bertz CT molecular complexity index is 2640. The van der Waals surface area contributed by atoms with Crippen LogP contribution in [0.25, 0.3) is 88.2 Å². The smallest absolute Gasteiger partial charge is 0.0709 e. The number of aromatic nitrogens is 1. The highest BCUT2D eigenvalue weighted by atomic mass is 14.7. The maximum absolute atomic E-state index is 5.10. The van der Waals surface area contributed by atoms with E-state index in [1.807, 2.05) is 6.07 Å². The number of rotatable bonds is 5. The minimum atomic E-state index is 0.967. The van der Waals surface area contributed by atoms with Crippen molar-refractivity contribution < 1.29 is 0 Å². The maximum atomic E-state index is 5.10. The number of pyridine rings is 1. The summed E-state index contributed by atoms with van der Waals surface area (Å²) in [6, 6.07) is 63.6. The summed E-state index contributed by atoms with van der Waals surface area (Å²) in [7, 11) is 0. The molecule has 0 saturated heterocycles. The van der Waals surface area contributed by atoms with Gasteiger partial charge in [-0.25, -0.2) is 4.98 Å². The van der Waals surface area contributed by atoms with Gasteiger partial charge in [0, 0.05) is 11.1 Å². The first-order chi connectivity index (χ1) is 24.7. The molecule has 0 aliphatic heterocycles. The third-order valence-corrected chi connectivity index (χ3v) is 10.1. The Kier molecular flexibility index (Phi) is 7.33. The molecule has 0 saturated carbocycles. The standard InChI is InChI=1S/C49H35N/c1-32-15-12-16-33(2)47(32)43-29-30-44(38-22-7-6-21-37(38)43)49-41-25-10-8-23-39(41)48(40-24-9-11-26-42(40)49)36-20-13-19-35(31-36)46-28-14-27-45(50-46)34-17-4-3-5-18-34/h3-31H,1-2H3. The first-order valence-electron chi connectivity index (χ1n) is 17.3. The second-order valence-corrected chi connectivity index (χ2v) is 13.2. The molecule has 236 valence electrons. The van der Waals surface area contributed by atoms with Gasteiger partial charge >= 0.3 is 0 Å². The van der Waals surface area contributed by atoms with Crippen LogP contribution < -0.4 is 0 Å². The Hall–Kier alpha value is -6.31. The summed E-state index contributed by atoms with van der Waals surface area (Å²) in [6.07, 6.45) is 0. The van der Waals surface area contributed by atoms with Crippen molar-refractivity contribution in [3.05, 3.63) is 187 Å². The summed E-state index contributed by atoms with van der Waals surface area (Å²) < 4.78 is 0. The minimum absolute atomic E-state index is 0.967. The number of aryl methyl sites for hydroxylation is 2. The Morgan fingerprint density at radius 3 is 1.32 bits per heavy atom. The van der Waals surface area contributed by atoms with E-state index in [1.165, 1.54) is 76.8 Å². The molecule has 9 rings (SSSR count). The van der Waals surface area contributed by atoms with Gasteiger partial charge in [0.1, 0.15) is 0 Å². The van der Waals surface area contributed by atoms with Gasteiger partial charge < -0.3 is 0 Å². The Labute approximate surface area is 293 Å². The lowest BCUT2D eigenvalue weighted by Gasteiger charge is -2.20. The minimum Gasteiger partial charge on any atom is -0.248 e. The Morgan fingerprint density at radius 2 is 0.720 bits per heavy atom. The van der Waals surface area contributed by atoms with E-state index in [2.05, 4.69) is 184 Å². The van der Waals surface area contributed by atoms with Gasteiger partial charge in [-0.1, -0.05) is 158 Å². The van der Waals surface area contributed by atoms with Crippen molar-refractivity contribution in [1.82, 2.24) is 4.98 Å². The fourth-order valence-electron chi connectivity index (χ4n) is 7.90. The van der Waals surface area contributed by atoms with Crippen LogP contribution in [0.4, 0.5) is 0 Å². The van der Waals surface area contributed by atoms with Crippen molar-refractivity contribution in [2.45, 2.75) is 13.8 Å². The monoisotopic (exact) mass is 637 g/mol. The molecule has 1 heterocycles. The van der Waals surface area contributed by atoms with Crippen LogP contribution >= 0.6 is 0 Å². The van der Waals surface area contributed by atoms with Crippen molar-refractivity contribution in [2.24, 2.45) is 0 Å². The summed E-state index contributed by atoms with van der Waals surface area (Å²) in [4.78, 5) is 5.10. The van der Waals surface area contributed by atoms with Gasteiger partial charge in [-0.05, 0) is 109 Å². The molecule has 0 radical (unpaired) electrons. The van der Waals surface area contributed by atoms with Crippen LogP contribution in [0.3, 0.4) is 0 Å². The van der Waals surface area contributed by atoms with E-state index in [0.29, 0.717) is 0 Å². The van der Waals surface area contributed by atoms with Crippen LogP contribution in [0.15, 0.2) is 176 Å². The molecule has 1 heteroatoms. The summed E-state index contributed by atoms with van der Waals surface area (Å²) in [5.74, 6) is 0. The van der Waals surface area contributed by atoms with Gasteiger partial charge in [0.25, 0.3) is 0 Å². The molecule has 0 aliphatic carbocycles. The van der Waals surface area contributed by atoms with Gasteiger partial charge in [0.05, 0.1) is 11.4 Å². The lowest BCUT2D eigenvalue weighted by atomic mass is 9.83. The number of hydrogen-bond donors (Lipinski definition) is 0. The van der Waals surface area contributed by atoms with Crippen molar-refractivity contribution in [3.63, 3.8) is 0 Å². The van der Waals surface area contributed by atoms with Gasteiger partial charge in [-0.15, -0.1) is 0 Å². The zero-order valence-electron chi connectivity index (χ0n) is 28.2. The molecule has 50 heavy (non-hydrogen) atoms. The molecule has 9 aromatic rings. The summed E-state index contributed by atoms with van der Waals surface area (Å²) >= 11 is 0. The topological polar surface area (TPSA) is 12.9 Å². The van der Waals surface area contributed by atoms with Crippen LogP contribution in [-0.2, 0) is 0 Å². The van der Waals surface area contributed by atoms with E-state index < -0.39 is 0 Å². The van der Waals surface area contributed by atoms with Gasteiger partial charge in [0.15, 0.2) is 0 Å². The molecule has 1 aromatic heterocycles. The van der Waals surface area contributed by atoms with Crippen LogP contribution in [0.1, 0.15) is 11.1 Å². The fourth-order valence-corrected chi connectivity index (χ4v) is 7.90. The number of benzene rings is 8. The van der Waals surface area contributed by atoms with E-state index in [1.54, 1.807) is 0 Å². The third-order valence-electron chi connectivity index (χ3n) is 10.1. The Balaban J connectivity index is 1.27. The average Bonchev–Trinajstić information content (AvgIpc) is 3.17. The summed E-state index contributed by atoms with van der Waals surface area (Å²) in [6.45, 7) is 4.44. The number of fused-ring (bicyclic) bond motifs is 3. The highest BCUT2D eigenvalue weighted by Crippen LogP contribution is 2.47. The van der Waals surface area contributed by atoms with Gasteiger partial charge in [-0.3, -0.25) is 0 Å². The molecule has 0 fully saturated rings. The van der Waals surface area contributed by atoms with Crippen LogP contribution in [0, 0.1) is 13.8 Å². The quantitative estimate of drug-likeness (QED) is 0.171. The molecular weight excluding hydrogens is 603 g/mol. The number of nitrogens with zero attached hydrogens (tertiary/aromatic N) is 1. The first-order valence-corrected chi connectivity index (χ1v) is 17.3. The van der Waals surface area contributed by atoms with Crippen molar-refractivity contribution >= 4 is 32.3 Å². The molecule has 8 aromatic carbocycles. The maximum Gasteiger partial charge on any atom is 0.0709 e. The molecule has 1 nitrogen and oxygen atoms in total. The van der Waals surface area contributed by atoms with Crippen LogP contribution in [-0.4, -0.2) is 4.98 Å². The second-order valence-electron chi connectivity index (χ2n) is 13.2. The van der Waals surface area contributed by atoms with E-state index in [4.69, 9.17) is 4.98 Å². The molecule has 0 spiro atoms. The number of hydrogen-bond acceptors (Lipinski definition) is 1. The first kappa shape index (κ1) is 29.8. The predicted molar refractivity (Wildman–Crippen MR) is 213 cm³/mol. The average molecular weight is 638 g/mol. The van der Waals surface area contributed by atoms with Crippen molar-refractivity contribution in [3.8, 4) is 55.9 Å². The molecular formula is C49H35N. The van der Waals surface area contributed by atoms with Gasteiger partial charge in [-0.2, -0.15) is 0 Å². The highest BCUT2D eigenvalue weighted by molar-refractivity contribution is 6.24. The summed E-state index contributed by atoms with van der Waals surface area (Å²) in [5, 5.41) is 7.53. The van der Waals surface area contributed by atoms with E-state index in [9.17, 15) is 0 Å². The van der Waals surface area contributed by atoms with E-state index in [-0.39, 0.29) is 0 Å². The second kappa shape index (κ2) is 12.3. The molecule has 0 unspecified atom stereocenters. The molecule has 0 aliphatic rings. The Morgan fingerprint density at radius 1 is 0.300 bits per heavy atom. The van der Waals surface area contributed by atoms with E-state index in [0.717, 1.165) is 22.5 Å². The van der Waals surface area contributed by atoms with Crippen LogP contribution in [0.2, 0.25) is 0 Å². The normalized spacial score (nSPS) is 11.4. The lowest BCUT2D eigenvalue weighted by molar-refractivity contribution is 1.32. The fraction of sp³-hybridized carbons (Fsp3) is 0.0408. The highest BCUT2D eigenvalue weighted by Gasteiger charge is 2.20. The zero-order chi connectivity index (χ0) is 33.6.